The average molecular weight is 122 g/mol. The van der Waals surface area contributed by atoms with E-state index in [1.165, 1.54) is 6.92 Å². The van der Waals surface area contributed by atoms with Crippen molar-refractivity contribution in [1.82, 2.24) is 0 Å². The fourth-order valence-corrected chi connectivity index (χ4v) is 0. The Bertz CT molecular complexity index is 43.3. The Kier molecular flexibility index (Phi) is 21.1. The molecule has 0 atom stereocenters. The minimum absolute atomic E-state index is 0. The second-order valence-electron chi connectivity index (χ2n) is 0.860. The highest BCUT2D eigenvalue weighted by atomic mass is 32.1. The molecule has 0 rings (SSSR count). The van der Waals surface area contributed by atoms with Gasteiger partial charge in [0.25, 0.3) is 0 Å². The highest BCUT2D eigenvalue weighted by molar-refractivity contribution is 7.81. The lowest BCUT2D eigenvalue weighted by molar-refractivity contribution is -0.114. The van der Waals surface area contributed by atoms with Crippen molar-refractivity contribution in [2.24, 2.45) is 0 Å². The maximum atomic E-state index is 9.74. The summed E-state index contributed by atoms with van der Waals surface area (Å²) in [5.74, 6) is 0.480. The zero-order valence-corrected chi connectivity index (χ0v) is 3.96. The fourth-order valence-electron chi connectivity index (χ4n) is 0. The first-order valence-corrected chi connectivity index (χ1v) is 2.01. The fraction of sp³-hybridized carbons (Fsp3) is 0.800. The smallest absolute Gasteiger partial charge is 0.139 e. The van der Waals surface area contributed by atoms with Gasteiger partial charge in [0, 0.05) is 5.75 Å². The molecule has 0 amide bonds. The molecule has 0 aliphatic carbocycles. The number of hydrogen-bond donors (Lipinski definition) is 1. The van der Waals surface area contributed by atoms with E-state index in [0.29, 0.717) is 5.75 Å². The zero-order chi connectivity index (χ0) is 4.28. The molecular formula is C5H14OS. The molecule has 0 aliphatic heterocycles. The maximum Gasteiger partial charge on any atom is 0.139 e. The first-order chi connectivity index (χ1) is 2.27. The lowest BCUT2D eigenvalue weighted by Crippen LogP contribution is -1.86. The third kappa shape index (κ3) is 23.8. The molecule has 0 saturated heterocycles. The Morgan fingerprint density at radius 2 is 1.71 bits per heavy atom. The van der Waals surface area contributed by atoms with Gasteiger partial charge >= 0.3 is 0 Å². The molecule has 0 fully saturated rings. The van der Waals surface area contributed by atoms with Gasteiger partial charge in [-0.05, 0) is 6.92 Å². The number of ketones is 1. The molecule has 0 spiro atoms. The molecule has 2 heteroatoms. The van der Waals surface area contributed by atoms with Crippen LogP contribution in [0.1, 0.15) is 21.8 Å². The van der Waals surface area contributed by atoms with Gasteiger partial charge in [-0.25, -0.2) is 0 Å². The second kappa shape index (κ2) is 9.39. The molecular weight excluding hydrogens is 108 g/mol. The third-order valence-electron chi connectivity index (χ3n) is 0.223. The van der Waals surface area contributed by atoms with E-state index in [2.05, 4.69) is 12.6 Å². The summed E-state index contributed by atoms with van der Waals surface area (Å²) in [6.45, 7) is 1.51. The van der Waals surface area contributed by atoms with Gasteiger partial charge in [0.1, 0.15) is 5.78 Å². The molecule has 0 aliphatic rings. The van der Waals surface area contributed by atoms with Crippen LogP contribution in [0.4, 0.5) is 0 Å². The molecule has 7 heavy (non-hydrogen) atoms. The molecule has 0 bridgehead atoms. The van der Waals surface area contributed by atoms with Gasteiger partial charge in [0.15, 0.2) is 0 Å². The Balaban J connectivity index is -0.0000000800. The summed E-state index contributed by atoms with van der Waals surface area (Å²) in [5.41, 5.74) is 0. The minimum Gasteiger partial charge on any atom is -0.299 e. The molecule has 0 N–H and O–H groups in total. The normalized spacial score (nSPS) is 5.43. The number of Topliss-reactive ketones (excluding diaryl/α,β-unsaturated/α-hetero) is 1. The van der Waals surface area contributed by atoms with Crippen LogP contribution >= 0.6 is 12.6 Å². The molecule has 0 heterocycles. The van der Waals surface area contributed by atoms with Crippen LogP contribution in [0, 0.1) is 0 Å². The van der Waals surface area contributed by atoms with Crippen LogP contribution in [0.5, 0.6) is 0 Å². The van der Waals surface area contributed by atoms with Crippen molar-refractivity contribution in [3.8, 4) is 0 Å². The van der Waals surface area contributed by atoms with Crippen LogP contribution in [0.15, 0.2) is 0 Å². The van der Waals surface area contributed by atoms with Crippen molar-refractivity contribution in [3.63, 3.8) is 0 Å². The number of hydrogen-bond acceptors (Lipinski definition) is 2. The molecule has 0 saturated carbocycles. The van der Waals surface area contributed by atoms with E-state index in [1.54, 1.807) is 0 Å². The Labute approximate surface area is 51.5 Å². The summed E-state index contributed by atoms with van der Waals surface area (Å²) >= 11 is 3.67. The molecule has 1 nitrogen and oxygen atoms in total. The summed E-state index contributed by atoms with van der Waals surface area (Å²) in [4.78, 5) is 9.74. The minimum atomic E-state index is 0. The summed E-state index contributed by atoms with van der Waals surface area (Å²) in [5, 5.41) is 0. The van der Waals surface area contributed by atoms with E-state index in [0.717, 1.165) is 0 Å². The number of carbonyl (C=O) groups is 1. The summed E-state index contributed by atoms with van der Waals surface area (Å²) in [7, 11) is 0. The third-order valence-corrected chi connectivity index (χ3v) is 0.668. The standard InChI is InChI=1S/C3H6OS.2CH4/c1-3(4)2-5;;/h5H,2H2,1H3;2*1H4. The predicted molar refractivity (Wildman–Crippen MR) is 38.0 cm³/mol. The Hall–Kier alpha value is 0.0200. The highest BCUT2D eigenvalue weighted by Gasteiger charge is 1.77. The van der Waals surface area contributed by atoms with Crippen molar-refractivity contribution in [1.29, 1.82) is 0 Å². The molecule has 0 radical (unpaired) electrons. The second-order valence-corrected chi connectivity index (χ2v) is 1.18. The highest BCUT2D eigenvalue weighted by Crippen LogP contribution is 1.70. The number of thiol groups is 1. The average Bonchev–Trinajstić information content (AvgIpc) is 1.38. The van der Waals surface area contributed by atoms with Crippen molar-refractivity contribution in [2.75, 3.05) is 5.75 Å². The first kappa shape index (κ1) is 15.7. The molecule has 46 valence electrons. The summed E-state index contributed by atoms with van der Waals surface area (Å²) < 4.78 is 0. The number of rotatable bonds is 1. The van der Waals surface area contributed by atoms with Crippen LogP contribution in [0.3, 0.4) is 0 Å². The van der Waals surface area contributed by atoms with Crippen molar-refractivity contribution < 1.29 is 4.79 Å². The van der Waals surface area contributed by atoms with Crippen LogP contribution < -0.4 is 0 Å². The Morgan fingerprint density at radius 1 is 1.57 bits per heavy atom. The first-order valence-electron chi connectivity index (χ1n) is 1.37. The van der Waals surface area contributed by atoms with Gasteiger partial charge in [-0.15, -0.1) is 0 Å². The molecule has 0 unspecified atom stereocenters. The largest absolute Gasteiger partial charge is 0.299 e. The van der Waals surface area contributed by atoms with E-state index in [-0.39, 0.29) is 20.6 Å². The number of carbonyl (C=O) groups excluding carboxylic acids is 1. The van der Waals surface area contributed by atoms with Crippen LogP contribution in [0.25, 0.3) is 0 Å². The van der Waals surface area contributed by atoms with E-state index in [1.807, 2.05) is 0 Å². The molecule has 0 aromatic carbocycles. The lowest BCUT2D eigenvalue weighted by Gasteiger charge is -1.71. The van der Waals surface area contributed by atoms with Gasteiger partial charge in [0.2, 0.25) is 0 Å². The van der Waals surface area contributed by atoms with Crippen LogP contribution in [0.2, 0.25) is 0 Å². The summed E-state index contributed by atoms with van der Waals surface area (Å²) in [6, 6.07) is 0. The quantitative estimate of drug-likeness (QED) is 0.525. The van der Waals surface area contributed by atoms with Gasteiger partial charge in [-0.1, -0.05) is 14.9 Å². The lowest BCUT2D eigenvalue weighted by atomic mass is 10.5. The van der Waals surface area contributed by atoms with Crippen molar-refractivity contribution >= 4 is 18.4 Å². The molecule has 0 aromatic rings. The monoisotopic (exact) mass is 122 g/mol. The predicted octanol–water partition coefficient (Wildman–Crippen LogP) is 1.78. The van der Waals surface area contributed by atoms with Crippen molar-refractivity contribution in [2.45, 2.75) is 21.8 Å². The maximum absolute atomic E-state index is 9.74. The van der Waals surface area contributed by atoms with Crippen molar-refractivity contribution in [3.05, 3.63) is 0 Å². The SMILES string of the molecule is C.C.CC(=O)CS. The summed E-state index contributed by atoms with van der Waals surface area (Å²) in [6.07, 6.45) is 0. The van der Waals surface area contributed by atoms with Crippen LogP contribution in [-0.2, 0) is 4.79 Å². The van der Waals surface area contributed by atoms with E-state index in [9.17, 15) is 4.79 Å². The van der Waals surface area contributed by atoms with Gasteiger partial charge in [-0.2, -0.15) is 12.6 Å². The van der Waals surface area contributed by atoms with Gasteiger partial charge < -0.3 is 0 Å². The van der Waals surface area contributed by atoms with Gasteiger partial charge in [0.05, 0.1) is 0 Å². The Morgan fingerprint density at radius 3 is 1.71 bits per heavy atom. The zero-order valence-electron chi connectivity index (χ0n) is 3.06. The van der Waals surface area contributed by atoms with E-state index >= 15 is 0 Å². The van der Waals surface area contributed by atoms with Gasteiger partial charge in [-0.3, -0.25) is 4.79 Å². The molecule has 0 aromatic heterocycles. The topological polar surface area (TPSA) is 17.1 Å². The van der Waals surface area contributed by atoms with Crippen LogP contribution in [-0.4, -0.2) is 11.5 Å². The van der Waals surface area contributed by atoms with E-state index < -0.39 is 0 Å². The van der Waals surface area contributed by atoms with E-state index in [4.69, 9.17) is 0 Å².